The van der Waals surface area contributed by atoms with Crippen molar-refractivity contribution in [1.29, 1.82) is 0 Å². The number of hydrogen-bond acceptors (Lipinski definition) is 5. The number of hydrogen-bond donors (Lipinski definition) is 2. The van der Waals surface area contributed by atoms with Crippen LogP contribution in [0.3, 0.4) is 0 Å². The van der Waals surface area contributed by atoms with Crippen LogP contribution in [0, 0.1) is 0 Å². The number of pyridine rings is 1. The van der Waals surface area contributed by atoms with E-state index in [1.165, 1.54) is 12.8 Å². The van der Waals surface area contributed by atoms with Crippen molar-refractivity contribution in [1.82, 2.24) is 15.2 Å². The number of unbranched alkanes of at least 4 members (excludes halogenated alkanes) is 2. The van der Waals surface area contributed by atoms with Crippen molar-refractivity contribution >= 4 is 11.6 Å². The minimum Gasteiger partial charge on any atom is -0.384 e. The molecule has 6 nitrogen and oxygen atoms in total. The van der Waals surface area contributed by atoms with E-state index in [-0.39, 0.29) is 5.91 Å². The van der Waals surface area contributed by atoms with Crippen LogP contribution in [0.25, 0.3) is 0 Å². The van der Waals surface area contributed by atoms with Gasteiger partial charge in [0.25, 0.3) is 5.91 Å². The summed E-state index contributed by atoms with van der Waals surface area (Å²) in [7, 11) is 0. The van der Waals surface area contributed by atoms with E-state index >= 15 is 0 Å². The van der Waals surface area contributed by atoms with Gasteiger partial charge in [-0.1, -0.05) is 19.8 Å². The largest absolute Gasteiger partial charge is 0.384 e. The Bertz CT molecular complexity index is 458. The molecule has 0 radical (unpaired) electrons. The molecule has 1 fully saturated rings. The van der Waals surface area contributed by atoms with E-state index in [1.807, 2.05) is 6.07 Å². The van der Waals surface area contributed by atoms with E-state index in [9.17, 15) is 4.79 Å². The summed E-state index contributed by atoms with van der Waals surface area (Å²) in [5, 5.41) is 6.24. The lowest BCUT2D eigenvalue weighted by Gasteiger charge is -2.26. The molecule has 1 aliphatic heterocycles. The Balaban J connectivity index is 1.67. The number of nitrogens with zero attached hydrogens (tertiary/aromatic N) is 2. The van der Waals surface area contributed by atoms with E-state index in [2.05, 4.69) is 27.4 Å². The Hall–Kier alpha value is -1.66. The average Bonchev–Trinajstić information content (AvgIpc) is 2.60. The second-order valence-electron chi connectivity index (χ2n) is 5.78. The molecule has 0 aromatic carbocycles. The Morgan fingerprint density at radius 3 is 2.78 bits per heavy atom. The fourth-order valence-corrected chi connectivity index (χ4v) is 2.48. The van der Waals surface area contributed by atoms with E-state index < -0.39 is 0 Å². The van der Waals surface area contributed by atoms with E-state index in [1.54, 1.807) is 12.3 Å². The highest BCUT2D eigenvalue weighted by molar-refractivity contribution is 5.92. The molecule has 6 heteroatoms. The Morgan fingerprint density at radius 1 is 1.26 bits per heavy atom. The molecule has 1 aromatic heterocycles. The van der Waals surface area contributed by atoms with E-state index in [0.717, 1.165) is 51.5 Å². The third-order valence-corrected chi connectivity index (χ3v) is 3.92. The lowest BCUT2D eigenvalue weighted by molar-refractivity contribution is 0.0383. The normalized spacial score (nSPS) is 15.3. The number of aromatic nitrogens is 1. The van der Waals surface area contributed by atoms with Crippen molar-refractivity contribution < 1.29 is 9.53 Å². The van der Waals surface area contributed by atoms with Gasteiger partial charge in [-0.3, -0.25) is 9.69 Å². The maximum Gasteiger partial charge on any atom is 0.269 e. The lowest BCUT2D eigenvalue weighted by atomic mass is 10.2. The average molecular weight is 320 g/mol. The maximum absolute atomic E-state index is 12.1. The molecule has 0 aliphatic carbocycles. The predicted molar refractivity (Wildman–Crippen MR) is 91.8 cm³/mol. The zero-order chi connectivity index (χ0) is 16.3. The molecule has 1 aliphatic rings. The number of amides is 1. The van der Waals surface area contributed by atoms with Crippen molar-refractivity contribution in [2.24, 2.45) is 0 Å². The third kappa shape index (κ3) is 6.54. The number of morpholine rings is 1. The summed E-state index contributed by atoms with van der Waals surface area (Å²) in [6.45, 7) is 8.06. The second kappa shape index (κ2) is 10.2. The molecule has 2 N–H and O–H groups in total. The Kier molecular flexibility index (Phi) is 7.83. The topological polar surface area (TPSA) is 66.5 Å². The van der Waals surface area contributed by atoms with Gasteiger partial charge in [-0.05, 0) is 18.6 Å². The number of rotatable bonds is 9. The second-order valence-corrected chi connectivity index (χ2v) is 5.78. The first-order valence-electron chi connectivity index (χ1n) is 8.58. The highest BCUT2D eigenvalue weighted by atomic mass is 16.5. The molecule has 0 saturated carbocycles. The number of nitrogens with one attached hydrogen (secondary N) is 2. The van der Waals surface area contributed by atoms with Crippen molar-refractivity contribution in [2.75, 3.05) is 51.3 Å². The van der Waals surface area contributed by atoms with Crippen LogP contribution in [-0.4, -0.2) is 61.7 Å². The van der Waals surface area contributed by atoms with Gasteiger partial charge in [0.2, 0.25) is 0 Å². The monoisotopic (exact) mass is 320 g/mol. The summed E-state index contributed by atoms with van der Waals surface area (Å²) in [6.07, 6.45) is 5.32. The summed E-state index contributed by atoms with van der Waals surface area (Å²) in [4.78, 5) is 18.6. The number of carbonyl (C=O) groups is 1. The van der Waals surface area contributed by atoms with Crippen LogP contribution in [0.4, 0.5) is 5.69 Å². The number of ether oxygens (including phenoxy) is 1. The van der Waals surface area contributed by atoms with Crippen LogP contribution in [-0.2, 0) is 4.74 Å². The Morgan fingerprint density at radius 2 is 2.09 bits per heavy atom. The summed E-state index contributed by atoms with van der Waals surface area (Å²) in [5.41, 5.74) is 1.43. The van der Waals surface area contributed by atoms with Crippen molar-refractivity contribution in [3.05, 3.63) is 24.0 Å². The maximum atomic E-state index is 12.1. The molecule has 1 amide bonds. The van der Waals surface area contributed by atoms with E-state index in [0.29, 0.717) is 12.2 Å². The van der Waals surface area contributed by atoms with Gasteiger partial charge < -0.3 is 15.4 Å². The fraction of sp³-hybridized carbons (Fsp3) is 0.647. The fourth-order valence-electron chi connectivity index (χ4n) is 2.48. The zero-order valence-corrected chi connectivity index (χ0v) is 14.0. The summed E-state index contributed by atoms with van der Waals surface area (Å²) >= 11 is 0. The zero-order valence-electron chi connectivity index (χ0n) is 14.0. The molecule has 128 valence electrons. The molecule has 1 saturated heterocycles. The van der Waals surface area contributed by atoms with Gasteiger partial charge in [-0.2, -0.15) is 0 Å². The van der Waals surface area contributed by atoms with Gasteiger partial charge in [0, 0.05) is 32.7 Å². The molecular weight excluding hydrogens is 292 g/mol. The SMILES string of the molecule is CCCCCNc1ccc(C(=O)NCCN2CCOCC2)nc1. The van der Waals surface area contributed by atoms with Crippen LogP contribution < -0.4 is 10.6 Å². The van der Waals surface area contributed by atoms with Gasteiger partial charge in [0.05, 0.1) is 25.1 Å². The molecule has 2 heterocycles. The summed E-state index contributed by atoms with van der Waals surface area (Å²) in [5.74, 6) is -0.115. The summed E-state index contributed by atoms with van der Waals surface area (Å²) < 4.78 is 5.30. The molecule has 0 spiro atoms. The molecule has 1 aromatic rings. The molecule has 23 heavy (non-hydrogen) atoms. The number of anilines is 1. The molecular formula is C17H28N4O2. The predicted octanol–water partition coefficient (Wildman–Crippen LogP) is 1.75. The standard InChI is InChI=1S/C17H28N4O2/c1-2-3-4-7-18-15-5-6-16(20-14-15)17(22)19-8-9-21-10-12-23-13-11-21/h5-6,14,18H,2-4,7-13H2,1H3,(H,19,22). The molecule has 0 atom stereocenters. The van der Waals surface area contributed by atoms with Gasteiger partial charge in [-0.25, -0.2) is 4.98 Å². The van der Waals surface area contributed by atoms with E-state index in [4.69, 9.17) is 4.74 Å². The first kappa shape index (κ1) is 17.7. The first-order valence-corrected chi connectivity index (χ1v) is 8.58. The highest BCUT2D eigenvalue weighted by Crippen LogP contribution is 2.07. The van der Waals surface area contributed by atoms with Crippen LogP contribution in [0.2, 0.25) is 0 Å². The molecule has 0 bridgehead atoms. The van der Waals surface area contributed by atoms with Crippen molar-refractivity contribution in [3.63, 3.8) is 0 Å². The van der Waals surface area contributed by atoms with Crippen LogP contribution >= 0.6 is 0 Å². The quantitative estimate of drug-likeness (QED) is 0.679. The molecule has 2 rings (SSSR count). The third-order valence-electron chi connectivity index (χ3n) is 3.92. The van der Waals surface area contributed by atoms with Crippen molar-refractivity contribution in [2.45, 2.75) is 26.2 Å². The lowest BCUT2D eigenvalue weighted by Crippen LogP contribution is -2.41. The van der Waals surface area contributed by atoms with Crippen LogP contribution in [0.1, 0.15) is 36.7 Å². The first-order chi connectivity index (χ1) is 11.3. The number of carbonyl (C=O) groups excluding carboxylic acids is 1. The highest BCUT2D eigenvalue weighted by Gasteiger charge is 2.11. The smallest absolute Gasteiger partial charge is 0.269 e. The van der Waals surface area contributed by atoms with Crippen LogP contribution in [0.15, 0.2) is 18.3 Å². The minimum atomic E-state index is -0.115. The van der Waals surface area contributed by atoms with Gasteiger partial charge in [-0.15, -0.1) is 0 Å². The Labute approximate surface area is 138 Å². The minimum absolute atomic E-state index is 0.115. The summed E-state index contributed by atoms with van der Waals surface area (Å²) in [6, 6.07) is 3.68. The van der Waals surface area contributed by atoms with Crippen molar-refractivity contribution in [3.8, 4) is 0 Å². The van der Waals surface area contributed by atoms with Gasteiger partial charge in [0.15, 0.2) is 0 Å². The van der Waals surface area contributed by atoms with Gasteiger partial charge in [0.1, 0.15) is 5.69 Å². The molecule has 0 unspecified atom stereocenters. The van der Waals surface area contributed by atoms with Gasteiger partial charge >= 0.3 is 0 Å². The van der Waals surface area contributed by atoms with Crippen LogP contribution in [0.5, 0.6) is 0 Å².